The van der Waals surface area contributed by atoms with Crippen LogP contribution in [0.15, 0.2) is 12.3 Å². The quantitative estimate of drug-likeness (QED) is 0.760. The monoisotopic (exact) mass is 326 g/mol. The number of nitrogens with one attached hydrogen (secondary N) is 2. The fraction of sp³-hybridized carbons (Fsp3) is 0.545. The molecule has 10 heteroatoms. The second-order valence-electron chi connectivity index (χ2n) is 5.27. The minimum Gasteiger partial charge on any atom is -0.396 e. The van der Waals surface area contributed by atoms with E-state index in [2.05, 4.69) is 15.0 Å². The average Bonchev–Trinajstić information content (AvgIpc) is 2.23. The zero-order chi connectivity index (χ0) is 16.5. The molecule has 0 fully saturated rings. The number of halogens is 3. The Kier molecular flexibility index (Phi) is 4.73. The first-order chi connectivity index (χ1) is 9.30. The van der Waals surface area contributed by atoms with Crippen LogP contribution in [0.3, 0.4) is 0 Å². The van der Waals surface area contributed by atoms with Crippen LogP contribution in [0, 0.1) is 0 Å². The van der Waals surface area contributed by atoms with Crippen molar-refractivity contribution in [3.63, 3.8) is 0 Å². The zero-order valence-corrected chi connectivity index (χ0v) is 12.6. The van der Waals surface area contributed by atoms with Crippen molar-refractivity contribution in [2.24, 2.45) is 0 Å². The van der Waals surface area contributed by atoms with E-state index in [0.717, 1.165) is 18.5 Å². The van der Waals surface area contributed by atoms with Gasteiger partial charge in [-0.3, -0.25) is 0 Å². The van der Waals surface area contributed by atoms with Crippen LogP contribution >= 0.6 is 0 Å². The van der Waals surface area contributed by atoms with Crippen molar-refractivity contribution in [1.82, 2.24) is 9.71 Å². The molecule has 0 aromatic carbocycles. The van der Waals surface area contributed by atoms with Crippen LogP contribution in [-0.4, -0.2) is 31.7 Å². The number of sulfonamides is 1. The lowest BCUT2D eigenvalue weighted by Gasteiger charge is -2.26. The molecule has 6 nitrogen and oxygen atoms in total. The highest BCUT2D eigenvalue weighted by Crippen LogP contribution is 2.31. The fourth-order valence-electron chi connectivity index (χ4n) is 1.63. The summed E-state index contributed by atoms with van der Waals surface area (Å²) in [6, 6.07) is 0.784. The van der Waals surface area contributed by atoms with Gasteiger partial charge in [0.2, 0.25) is 10.0 Å². The van der Waals surface area contributed by atoms with E-state index in [1.165, 1.54) is 0 Å². The molecule has 1 aromatic heterocycles. The van der Waals surface area contributed by atoms with Crippen molar-refractivity contribution in [3.05, 3.63) is 18.0 Å². The zero-order valence-electron chi connectivity index (χ0n) is 11.7. The van der Waals surface area contributed by atoms with Crippen LogP contribution in [0.1, 0.15) is 19.5 Å². The Labute approximate surface area is 121 Å². The highest BCUT2D eigenvalue weighted by Gasteiger charge is 2.33. The van der Waals surface area contributed by atoms with E-state index < -0.39 is 27.4 Å². The van der Waals surface area contributed by atoms with Gasteiger partial charge in [0, 0.05) is 12.1 Å². The molecular weight excluding hydrogens is 309 g/mol. The Morgan fingerprint density at radius 3 is 2.38 bits per heavy atom. The molecule has 0 spiro atoms. The number of hydrogen-bond donors (Lipinski definition) is 3. The van der Waals surface area contributed by atoms with E-state index in [1.807, 2.05) is 0 Å². The number of nitrogens with two attached hydrogens (primary N) is 1. The number of nitrogen functional groups attached to an aromatic ring is 1. The van der Waals surface area contributed by atoms with Gasteiger partial charge in [-0.05, 0) is 19.9 Å². The highest BCUT2D eigenvalue weighted by atomic mass is 32.2. The van der Waals surface area contributed by atoms with E-state index in [-0.39, 0.29) is 17.9 Å². The van der Waals surface area contributed by atoms with Crippen LogP contribution < -0.4 is 15.8 Å². The van der Waals surface area contributed by atoms with Crippen molar-refractivity contribution < 1.29 is 21.6 Å². The summed E-state index contributed by atoms with van der Waals surface area (Å²) >= 11 is 0. The molecule has 120 valence electrons. The number of alkyl halides is 3. The Hall–Kier alpha value is -1.55. The summed E-state index contributed by atoms with van der Waals surface area (Å²) in [5, 5.41) is 2.70. The van der Waals surface area contributed by atoms with Gasteiger partial charge in [-0.25, -0.2) is 18.1 Å². The van der Waals surface area contributed by atoms with Gasteiger partial charge in [-0.1, -0.05) is 0 Å². The minimum atomic E-state index is -4.58. The van der Waals surface area contributed by atoms with Gasteiger partial charge in [0.25, 0.3) is 0 Å². The molecule has 0 atom stereocenters. The third-order valence-electron chi connectivity index (χ3n) is 2.41. The topological polar surface area (TPSA) is 97.1 Å². The molecule has 0 saturated heterocycles. The van der Waals surface area contributed by atoms with Crippen LogP contribution in [0.5, 0.6) is 0 Å². The first kappa shape index (κ1) is 17.5. The average molecular weight is 326 g/mol. The van der Waals surface area contributed by atoms with Gasteiger partial charge < -0.3 is 11.1 Å². The molecule has 1 aromatic rings. The third-order valence-corrected chi connectivity index (χ3v) is 3.33. The van der Waals surface area contributed by atoms with Crippen molar-refractivity contribution in [2.75, 3.05) is 23.9 Å². The summed E-state index contributed by atoms with van der Waals surface area (Å²) in [5.74, 6) is 0. The molecule has 1 rings (SSSR count). The van der Waals surface area contributed by atoms with Gasteiger partial charge in [-0.15, -0.1) is 0 Å². The normalized spacial score (nSPS) is 13.2. The van der Waals surface area contributed by atoms with Gasteiger partial charge in [-0.2, -0.15) is 13.2 Å². The highest BCUT2D eigenvalue weighted by molar-refractivity contribution is 7.88. The summed E-state index contributed by atoms with van der Waals surface area (Å²) in [6.07, 6.45) is -2.68. The maximum absolute atomic E-state index is 12.6. The second kappa shape index (κ2) is 5.68. The van der Waals surface area contributed by atoms with Crippen LogP contribution in [0.4, 0.5) is 24.5 Å². The Balaban J connectivity index is 2.89. The first-order valence-corrected chi connectivity index (χ1v) is 7.75. The molecule has 0 saturated carbocycles. The Morgan fingerprint density at radius 2 is 1.90 bits per heavy atom. The second-order valence-corrected chi connectivity index (χ2v) is 7.01. The summed E-state index contributed by atoms with van der Waals surface area (Å²) in [7, 11) is -3.44. The molecule has 0 aliphatic rings. The van der Waals surface area contributed by atoms with Crippen LogP contribution in [0.2, 0.25) is 0 Å². The molecule has 0 radical (unpaired) electrons. The van der Waals surface area contributed by atoms with E-state index in [0.29, 0.717) is 0 Å². The number of nitrogens with zero attached hydrogens (tertiary/aromatic N) is 1. The minimum absolute atomic E-state index is 0.0400. The predicted molar refractivity (Wildman–Crippen MR) is 74.2 cm³/mol. The van der Waals surface area contributed by atoms with Crippen LogP contribution in [0.25, 0.3) is 0 Å². The third kappa shape index (κ3) is 5.76. The predicted octanol–water partition coefficient (Wildman–Crippen LogP) is 1.42. The molecule has 21 heavy (non-hydrogen) atoms. The number of pyridine rings is 1. The molecule has 0 unspecified atom stereocenters. The van der Waals surface area contributed by atoms with Crippen molar-refractivity contribution >= 4 is 21.4 Å². The van der Waals surface area contributed by atoms with E-state index >= 15 is 0 Å². The molecule has 0 aliphatic heterocycles. The summed E-state index contributed by atoms with van der Waals surface area (Å²) in [4.78, 5) is 3.21. The molecular formula is C11H17F3N4O2S. The van der Waals surface area contributed by atoms with Crippen molar-refractivity contribution in [2.45, 2.75) is 25.6 Å². The first-order valence-electron chi connectivity index (χ1n) is 5.86. The summed E-state index contributed by atoms with van der Waals surface area (Å²) < 4.78 is 62.5. The lowest BCUT2D eigenvalue weighted by Crippen LogP contribution is -2.47. The molecule has 0 bridgehead atoms. The summed E-state index contributed by atoms with van der Waals surface area (Å²) in [6.45, 7) is 3.22. The number of rotatable bonds is 5. The van der Waals surface area contributed by atoms with Gasteiger partial charge in [0.05, 0.1) is 23.8 Å². The van der Waals surface area contributed by atoms with Gasteiger partial charge >= 0.3 is 6.18 Å². The van der Waals surface area contributed by atoms with Crippen LogP contribution in [-0.2, 0) is 16.2 Å². The number of aromatic nitrogens is 1. The van der Waals surface area contributed by atoms with Crippen molar-refractivity contribution in [1.29, 1.82) is 0 Å². The van der Waals surface area contributed by atoms with Gasteiger partial charge in [0.1, 0.15) is 5.69 Å². The molecule has 0 aliphatic carbocycles. The van der Waals surface area contributed by atoms with Gasteiger partial charge in [0.15, 0.2) is 0 Å². The van der Waals surface area contributed by atoms with Crippen molar-refractivity contribution in [3.8, 4) is 0 Å². The lowest BCUT2D eigenvalue weighted by molar-refractivity contribution is -0.141. The van der Waals surface area contributed by atoms with E-state index in [1.54, 1.807) is 13.8 Å². The number of anilines is 2. The smallest absolute Gasteiger partial charge is 0.396 e. The largest absolute Gasteiger partial charge is 0.433 e. The van der Waals surface area contributed by atoms with E-state index in [4.69, 9.17) is 5.73 Å². The summed E-state index contributed by atoms with van der Waals surface area (Å²) in [5.41, 5.74) is 3.66. The molecule has 4 N–H and O–H groups in total. The fourth-order valence-corrected chi connectivity index (χ4v) is 2.70. The maximum Gasteiger partial charge on any atom is 0.433 e. The standard InChI is InChI=1S/C11H17F3N4O2S/c1-10(2,18-21(3,19)20)6-17-8-4-9(11(12,13)14)16-5-7(8)15/h4-5,18H,6,15H2,1-3H3,(H,16,17). The molecule has 1 heterocycles. The number of hydrogen-bond acceptors (Lipinski definition) is 5. The van der Waals surface area contributed by atoms with E-state index in [9.17, 15) is 21.6 Å². The Morgan fingerprint density at radius 1 is 1.33 bits per heavy atom. The Bertz CT molecular complexity index is 614. The molecule has 0 amide bonds. The maximum atomic E-state index is 12.6. The SMILES string of the molecule is CC(C)(CNc1cc(C(F)(F)F)ncc1N)NS(C)(=O)=O. The lowest BCUT2D eigenvalue weighted by atomic mass is 10.1.